The highest BCUT2D eigenvalue weighted by Crippen LogP contribution is 2.20. The third-order valence-corrected chi connectivity index (χ3v) is 2.77. The number of benzene rings is 2. The molecule has 2 heteroatoms. The van der Waals surface area contributed by atoms with E-state index in [9.17, 15) is 0 Å². The summed E-state index contributed by atoms with van der Waals surface area (Å²) in [6, 6.07) is 18.6. The zero-order chi connectivity index (χ0) is 13.7. The van der Waals surface area contributed by atoms with Crippen molar-refractivity contribution < 1.29 is 0 Å². The van der Waals surface area contributed by atoms with Crippen LogP contribution in [0, 0.1) is 5.41 Å². The zero-order valence-electron chi connectivity index (χ0n) is 11.9. The highest BCUT2D eigenvalue weighted by atomic mass is 14.9. The average molecular weight is 254 g/mol. The molecule has 2 N–H and O–H groups in total. The van der Waals surface area contributed by atoms with Gasteiger partial charge in [-0.25, -0.2) is 0 Å². The van der Waals surface area contributed by atoms with E-state index >= 15 is 0 Å². The van der Waals surface area contributed by atoms with Crippen molar-refractivity contribution in [2.45, 2.75) is 20.8 Å². The molecule has 0 spiro atoms. The van der Waals surface area contributed by atoms with Gasteiger partial charge in [0.2, 0.25) is 0 Å². The van der Waals surface area contributed by atoms with E-state index in [4.69, 9.17) is 0 Å². The Balaban J connectivity index is 1.95. The Morgan fingerprint density at radius 3 is 1.84 bits per heavy atom. The van der Waals surface area contributed by atoms with Gasteiger partial charge >= 0.3 is 0 Å². The highest BCUT2D eigenvalue weighted by molar-refractivity contribution is 5.62. The molecule has 0 bridgehead atoms. The van der Waals surface area contributed by atoms with Crippen LogP contribution in [0.25, 0.3) is 0 Å². The van der Waals surface area contributed by atoms with Gasteiger partial charge in [-0.1, -0.05) is 39.0 Å². The van der Waals surface area contributed by atoms with Crippen LogP contribution in [0.3, 0.4) is 0 Å². The van der Waals surface area contributed by atoms with Crippen molar-refractivity contribution in [1.82, 2.24) is 0 Å². The summed E-state index contributed by atoms with van der Waals surface area (Å²) < 4.78 is 0. The number of anilines is 3. The largest absolute Gasteiger partial charge is 0.385 e. The SMILES string of the molecule is CC(C)(C)CNc1ccc(Nc2ccccc2)cc1. The van der Waals surface area contributed by atoms with Crippen molar-refractivity contribution in [1.29, 1.82) is 0 Å². The summed E-state index contributed by atoms with van der Waals surface area (Å²) in [7, 11) is 0. The fourth-order valence-corrected chi connectivity index (χ4v) is 1.73. The van der Waals surface area contributed by atoms with Crippen molar-refractivity contribution in [3.05, 3.63) is 54.6 Å². The molecule has 0 radical (unpaired) electrons. The Hall–Kier alpha value is -1.96. The third-order valence-electron chi connectivity index (χ3n) is 2.77. The van der Waals surface area contributed by atoms with E-state index in [2.05, 4.69) is 67.8 Å². The molecule has 0 saturated heterocycles. The monoisotopic (exact) mass is 254 g/mol. The lowest BCUT2D eigenvalue weighted by Crippen LogP contribution is -2.18. The van der Waals surface area contributed by atoms with Gasteiger partial charge in [-0.2, -0.15) is 0 Å². The number of hydrogen-bond donors (Lipinski definition) is 2. The van der Waals surface area contributed by atoms with Crippen LogP contribution in [-0.2, 0) is 0 Å². The van der Waals surface area contributed by atoms with E-state index in [0.717, 1.165) is 23.6 Å². The molecule has 0 fully saturated rings. The number of nitrogens with one attached hydrogen (secondary N) is 2. The van der Waals surface area contributed by atoms with Crippen LogP contribution in [0.2, 0.25) is 0 Å². The number of rotatable bonds is 4. The van der Waals surface area contributed by atoms with Gasteiger partial charge in [0.05, 0.1) is 0 Å². The molecule has 0 saturated carbocycles. The molecule has 0 atom stereocenters. The van der Waals surface area contributed by atoms with E-state index < -0.39 is 0 Å². The summed E-state index contributed by atoms with van der Waals surface area (Å²) in [4.78, 5) is 0. The Labute approximate surface area is 115 Å². The molecule has 0 aliphatic carbocycles. The normalized spacial score (nSPS) is 11.1. The van der Waals surface area contributed by atoms with E-state index in [1.807, 2.05) is 18.2 Å². The van der Waals surface area contributed by atoms with Gasteiger partial charge in [-0.15, -0.1) is 0 Å². The molecule has 2 aromatic carbocycles. The standard InChI is InChI=1S/C17H22N2/c1-17(2,3)13-18-14-9-11-16(12-10-14)19-15-7-5-4-6-8-15/h4-12,18-19H,13H2,1-3H3. The summed E-state index contributed by atoms with van der Waals surface area (Å²) in [6.07, 6.45) is 0. The first-order chi connectivity index (χ1) is 9.03. The maximum Gasteiger partial charge on any atom is 0.0385 e. The number of para-hydroxylation sites is 1. The molecule has 100 valence electrons. The van der Waals surface area contributed by atoms with Crippen molar-refractivity contribution in [2.75, 3.05) is 17.2 Å². The molecule has 2 rings (SSSR count). The van der Waals surface area contributed by atoms with Crippen molar-refractivity contribution >= 4 is 17.1 Å². The molecular weight excluding hydrogens is 232 g/mol. The van der Waals surface area contributed by atoms with Gasteiger partial charge in [-0.05, 0) is 41.8 Å². The second kappa shape index (κ2) is 5.79. The summed E-state index contributed by atoms with van der Waals surface area (Å²) >= 11 is 0. The first kappa shape index (κ1) is 13.5. The van der Waals surface area contributed by atoms with Crippen LogP contribution in [0.15, 0.2) is 54.6 Å². The average Bonchev–Trinajstić information content (AvgIpc) is 2.38. The molecule has 0 aliphatic heterocycles. The zero-order valence-corrected chi connectivity index (χ0v) is 11.9. The second-order valence-corrected chi connectivity index (χ2v) is 5.98. The maximum atomic E-state index is 3.45. The molecule has 0 aromatic heterocycles. The van der Waals surface area contributed by atoms with Gasteiger partial charge in [-0.3, -0.25) is 0 Å². The van der Waals surface area contributed by atoms with Crippen molar-refractivity contribution in [3.63, 3.8) is 0 Å². The second-order valence-electron chi connectivity index (χ2n) is 5.98. The van der Waals surface area contributed by atoms with Crippen molar-refractivity contribution in [3.8, 4) is 0 Å². The first-order valence-corrected chi connectivity index (χ1v) is 6.69. The van der Waals surface area contributed by atoms with E-state index in [0.29, 0.717) is 5.41 Å². The van der Waals surface area contributed by atoms with Crippen LogP contribution < -0.4 is 10.6 Å². The fourth-order valence-electron chi connectivity index (χ4n) is 1.73. The highest BCUT2D eigenvalue weighted by Gasteiger charge is 2.08. The quantitative estimate of drug-likeness (QED) is 0.812. The van der Waals surface area contributed by atoms with Gasteiger partial charge in [0.15, 0.2) is 0 Å². The third kappa shape index (κ3) is 4.66. The Morgan fingerprint density at radius 1 is 0.737 bits per heavy atom. The summed E-state index contributed by atoms with van der Waals surface area (Å²) in [6.45, 7) is 7.65. The Kier molecular flexibility index (Phi) is 4.10. The van der Waals surface area contributed by atoms with Crippen LogP contribution in [0.1, 0.15) is 20.8 Å². The molecule has 0 amide bonds. The Morgan fingerprint density at radius 2 is 1.26 bits per heavy atom. The maximum absolute atomic E-state index is 3.45. The number of hydrogen-bond acceptors (Lipinski definition) is 2. The lowest BCUT2D eigenvalue weighted by Gasteiger charge is -2.19. The van der Waals surface area contributed by atoms with Crippen LogP contribution in [0.5, 0.6) is 0 Å². The summed E-state index contributed by atoms with van der Waals surface area (Å²) in [5.74, 6) is 0. The molecule has 2 aromatic rings. The van der Waals surface area contributed by atoms with E-state index in [1.54, 1.807) is 0 Å². The van der Waals surface area contributed by atoms with Gasteiger partial charge in [0.25, 0.3) is 0 Å². The summed E-state index contributed by atoms with van der Waals surface area (Å²) in [5, 5.41) is 6.82. The van der Waals surface area contributed by atoms with Crippen molar-refractivity contribution in [2.24, 2.45) is 5.41 Å². The molecular formula is C17H22N2. The molecule has 19 heavy (non-hydrogen) atoms. The lowest BCUT2D eigenvalue weighted by molar-refractivity contribution is 0.443. The first-order valence-electron chi connectivity index (χ1n) is 6.69. The predicted molar refractivity (Wildman–Crippen MR) is 84.1 cm³/mol. The van der Waals surface area contributed by atoms with Gasteiger partial charge in [0, 0.05) is 23.6 Å². The smallest absolute Gasteiger partial charge is 0.0385 e. The van der Waals surface area contributed by atoms with E-state index in [1.165, 1.54) is 0 Å². The minimum absolute atomic E-state index is 0.293. The molecule has 0 heterocycles. The molecule has 2 nitrogen and oxygen atoms in total. The summed E-state index contributed by atoms with van der Waals surface area (Å²) in [5.41, 5.74) is 3.67. The minimum atomic E-state index is 0.293. The minimum Gasteiger partial charge on any atom is -0.385 e. The van der Waals surface area contributed by atoms with Crippen LogP contribution in [-0.4, -0.2) is 6.54 Å². The van der Waals surface area contributed by atoms with E-state index in [-0.39, 0.29) is 0 Å². The molecule has 0 aliphatic rings. The fraction of sp³-hybridized carbons (Fsp3) is 0.294. The van der Waals surface area contributed by atoms with Gasteiger partial charge < -0.3 is 10.6 Å². The lowest BCUT2D eigenvalue weighted by atomic mass is 9.97. The van der Waals surface area contributed by atoms with Gasteiger partial charge in [0.1, 0.15) is 0 Å². The Bertz CT molecular complexity index is 495. The topological polar surface area (TPSA) is 24.1 Å². The van der Waals surface area contributed by atoms with Crippen LogP contribution >= 0.6 is 0 Å². The predicted octanol–water partition coefficient (Wildman–Crippen LogP) is 4.89. The van der Waals surface area contributed by atoms with Crippen LogP contribution in [0.4, 0.5) is 17.1 Å². The molecule has 0 unspecified atom stereocenters.